The fraction of sp³-hybridized carbons (Fsp3) is 0.0714. The van der Waals surface area contributed by atoms with E-state index in [0.717, 1.165) is 10.9 Å². The van der Waals surface area contributed by atoms with Crippen LogP contribution in [0.15, 0.2) is 49.2 Å². The highest BCUT2D eigenvalue weighted by atomic mass is 16.5. The highest BCUT2D eigenvalue weighted by Gasteiger charge is 2.17. The number of nitrogens with zero attached hydrogens (tertiary/aromatic N) is 1. The molecule has 0 atom stereocenters. The molecule has 0 aliphatic rings. The molecule has 1 aromatic carbocycles. The van der Waals surface area contributed by atoms with Gasteiger partial charge in [0.25, 0.3) is 5.78 Å². The van der Waals surface area contributed by atoms with Crippen LogP contribution in [0.3, 0.4) is 0 Å². The first-order valence-electron chi connectivity index (χ1n) is 5.39. The van der Waals surface area contributed by atoms with E-state index < -0.39 is 11.8 Å². The number of rotatable bonds is 4. The lowest BCUT2D eigenvalue weighted by atomic mass is 10.1. The highest BCUT2D eigenvalue weighted by Crippen LogP contribution is 2.14. The predicted octanol–water partition coefficient (Wildman–Crippen LogP) is 2.15. The molecule has 0 unspecified atom stereocenters. The van der Waals surface area contributed by atoms with Crippen LogP contribution < -0.4 is 0 Å². The Morgan fingerprint density at radius 2 is 2.17 bits per heavy atom. The normalized spacial score (nSPS) is 10.0. The highest BCUT2D eigenvalue weighted by molar-refractivity contribution is 6.40. The van der Waals surface area contributed by atoms with E-state index in [1.807, 2.05) is 6.07 Å². The van der Waals surface area contributed by atoms with Crippen molar-refractivity contribution in [3.05, 3.63) is 54.7 Å². The van der Waals surface area contributed by atoms with Gasteiger partial charge in [0.15, 0.2) is 0 Å². The number of hydrogen-bond donors (Lipinski definition) is 0. The van der Waals surface area contributed by atoms with Crippen molar-refractivity contribution in [2.75, 3.05) is 6.61 Å². The first kappa shape index (κ1) is 12.0. The van der Waals surface area contributed by atoms with E-state index in [2.05, 4.69) is 11.6 Å². The molecule has 0 amide bonds. The van der Waals surface area contributed by atoms with E-state index in [9.17, 15) is 9.59 Å². The van der Waals surface area contributed by atoms with Crippen LogP contribution >= 0.6 is 0 Å². The monoisotopic (exact) mass is 241 g/mol. The lowest BCUT2D eigenvalue weighted by Gasteiger charge is -2.02. The number of ketones is 1. The van der Waals surface area contributed by atoms with Crippen LogP contribution in [0.25, 0.3) is 10.9 Å². The van der Waals surface area contributed by atoms with Gasteiger partial charge in [-0.1, -0.05) is 18.7 Å². The summed E-state index contributed by atoms with van der Waals surface area (Å²) in [6.45, 7) is 3.44. The zero-order valence-electron chi connectivity index (χ0n) is 9.63. The average Bonchev–Trinajstić information content (AvgIpc) is 2.43. The van der Waals surface area contributed by atoms with Crippen LogP contribution in [-0.2, 0) is 9.53 Å². The number of fused-ring (bicyclic) bond motifs is 1. The summed E-state index contributed by atoms with van der Waals surface area (Å²) in [5.74, 6) is -1.54. The number of ether oxygens (including phenoxy) is 1. The van der Waals surface area contributed by atoms with Crippen molar-refractivity contribution < 1.29 is 14.3 Å². The maximum Gasteiger partial charge on any atom is 0.379 e. The van der Waals surface area contributed by atoms with Crippen molar-refractivity contribution in [3.63, 3.8) is 0 Å². The third kappa shape index (κ3) is 2.43. The van der Waals surface area contributed by atoms with E-state index in [1.54, 1.807) is 30.5 Å². The van der Waals surface area contributed by atoms with E-state index in [1.165, 1.54) is 6.08 Å². The van der Waals surface area contributed by atoms with Gasteiger partial charge in [-0.05, 0) is 24.3 Å². The number of hydrogen-bond acceptors (Lipinski definition) is 4. The molecular weight excluding hydrogens is 230 g/mol. The third-order valence-electron chi connectivity index (χ3n) is 2.38. The van der Waals surface area contributed by atoms with Gasteiger partial charge in [-0.25, -0.2) is 4.79 Å². The van der Waals surface area contributed by atoms with Crippen molar-refractivity contribution >= 4 is 22.7 Å². The molecule has 0 saturated carbocycles. The van der Waals surface area contributed by atoms with Gasteiger partial charge in [0.2, 0.25) is 0 Å². The van der Waals surface area contributed by atoms with Crippen LogP contribution in [0.1, 0.15) is 10.4 Å². The van der Waals surface area contributed by atoms with Gasteiger partial charge in [0.05, 0.1) is 5.52 Å². The SMILES string of the molecule is C=CCOC(=O)C(=O)c1ccc2ncccc2c1. The Morgan fingerprint density at radius 1 is 1.33 bits per heavy atom. The summed E-state index contributed by atoms with van der Waals surface area (Å²) in [4.78, 5) is 27.3. The Morgan fingerprint density at radius 3 is 2.94 bits per heavy atom. The summed E-state index contributed by atoms with van der Waals surface area (Å²) in [5, 5.41) is 0.805. The molecule has 2 aromatic rings. The molecule has 90 valence electrons. The van der Waals surface area contributed by atoms with E-state index in [-0.39, 0.29) is 6.61 Å². The van der Waals surface area contributed by atoms with E-state index in [4.69, 9.17) is 4.74 Å². The maximum absolute atomic E-state index is 11.8. The number of carbonyl (C=O) groups is 2. The number of pyridine rings is 1. The molecule has 18 heavy (non-hydrogen) atoms. The predicted molar refractivity (Wildman–Crippen MR) is 67.2 cm³/mol. The standard InChI is InChI=1S/C14H11NO3/c1-2-8-18-14(17)13(16)11-5-6-12-10(9-11)4-3-7-15-12/h2-7,9H,1,8H2. The van der Waals surface area contributed by atoms with Crippen molar-refractivity contribution in [3.8, 4) is 0 Å². The van der Waals surface area contributed by atoms with Gasteiger partial charge in [-0.2, -0.15) is 0 Å². The van der Waals surface area contributed by atoms with Crippen LogP contribution in [0, 0.1) is 0 Å². The molecule has 2 rings (SSSR count). The quantitative estimate of drug-likeness (QED) is 0.356. The minimum absolute atomic E-state index is 0.0275. The number of esters is 1. The Bertz CT molecular complexity index is 619. The second-order valence-electron chi connectivity index (χ2n) is 3.63. The largest absolute Gasteiger partial charge is 0.455 e. The van der Waals surface area contributed by atoms with Gasteiger partial charge in [0, 0.05) is 17.1 Å². The average molecular weight is 241 g/mol. The van der Waals surface area contributed by atoms with Gasteiger partial charge in [-0.15, -0.1) is 0 Å². The van der Waals surface area contributed by atoms with Crippen molar-refractivity contribution in [1.29, 1.82) is 0 Å². The van der Waals surface area contributed by atoms with Crippen LogP contribution in [-0.4, -0.2) is 23.3 Å². The Hall–Kier alpha value is -2.49. The molecular formula is C14H11NO3. The molecule has 4 nitrogen and oxygen atoms in total. The zero-order valence-corrected chi connectivity index (χ0v) is 9.63. The second-order valence-corrected chi connectivity index (χ2v) is 3.63. The van der Waals surface area contributed by atoms with E-state index in [0.29, 0.717) is 5.56 Å². The number of aromatic nitrogens is 1. The van der Waals surface area contributed by atoms with Crippen LogP contribution in [0.4, 0.5) is 0 Å². The number of Topliss-reactive ketones (excluding diaryl/α,β-unsaturated/α-hetero) is 1. The van der Waals surface area contributed by atoms with Crippen LogP contribution in [0.5, 0.6) is 0 Å². The summed E-state index contributed by atoms with van der Waals surface area (Å²) in [5.41, 5.74) is 1.07. The van der Waals surface area contributed by atoms with E-state index >= 15 is 0 Å². The molecule has 0 spiro atoms. The summed E-state index contributed by atoms with van der Waals surface area (Å²) in [6, 6.07) is 8.48. The molecule has 0 radical (unpaired) electrons. The summed E-state index contributed by atoms with van der Waals surface area (Å²) < 4.78 is 4.70. The van der Waals surface area contributed by atoms with Crippen molar-refractivity contribution in [1.82, 2.24) is 4.98 Å². The smallest absolute Gasteiger partial charge is 0.379 e. The summed E-state index contributed by atoms with van der Waals surface area (Å²) in [6.07, 6.45) is 3.08. The third-order valence-corrected chi connectivity index (χ3v) is 2.38. The second kappa shape index (κ2) is 5.23. The van der Waals surface area contributed by atoms with Gasteiger partial charge in [-0.3, -0.25) is 9.78 Å². The Labute approximate surface area is 104 Å². The zero-order chi connectivity index (χ0) is 13.0. The lowest BCUT2D eigenvalue weighted by Crippen LogP contribution is -2.17. The summed E-state index contributed by atoms with van der Waals surface area (Å²) in [7, 11) is 0. The minimum Gasteiger partial charge on any atom is -0.455 e. The molecule has 0 aliphatic carbocycles. The molecule has 0 fully saturated rings. The Kier molecular flexibility index (Phi) is 3.48. The molecule has 1 aromatic heterocycles. The maximum atomic E-state index is 11.8. The first-order chi connectivity index (χ1) is 8.72. The van der Waals surface area contributed by atoms with Crippen molar-refractivity contribution in [2.45, 2.75) is 0 Å². The fourth-order valence-corrected chi connectivity index (χ4v) is 1.53. The molecule has 4 heteroatoms. The fourth-order valence-electron chi connectivity index (χ4n) is 1.53. The number of carbonyl (C=O) groups excluding carboxylic acids is 2. The van der Waals surface area contributed by atoms with Gasteiger partial charge in [0.1, 0.15) is 6.61 Å². The molecule has 0 bridgehead atoms. The topological polar surface area (TPSA) is 56.3 Å². The number of benzene rings is 1. The molecule has 0 aliphatic heterocycles. The minimum atomic E-state index is -0.877. The van der Waals surface area contributed by atoms with Crippen LogP contribution in [0.2, 0.25) is 0 Å². The summed E-state index contributed by atoms with van der Waals surface area (Å²) >= 11 is 0. The molecule has 0 saturated heterocycles. The Balaban J connectivity index is 2.28. The van der Waals surface area contributed by atoms with Gasteiger partial charge < -0.3 is 4.74 Å². The van der Waals surface area contributed by atoms with Gasteiger partial charge >= 0.3 is 5.97 Å². The molecule has 1 heterocycles. The molecule has 0 N–H and O–H groups in total. The van der Waals surface area contributed by atoms with Crippen molar-refractivity contribution in [2.24, 2.45) is 0 Å². The first-order valence-corrected chi connectivity index (χ1v) is 5.39. The lowest BCUT2D eigenvalue weighted by molar-refractivity contribution is -0.136.